The maximum atomic E-state index is 12.7. The largest absolute Gasteiger partial charge is 0.493 e. The van der Waals surface area contributed by atoms with Gasteiger partial charge in [-0.1, -0.05) is 36.4 Å². The smallest absolute Gasteiger partial charge is 0.252 e. The Labute approximate surface area is 146 Å². The summed E-state index contributed by atoms with van der Waals surface area (Å²) in [5.41, 5.74) is 8.08. The third kappa shape index (κ3) is 3.21. The molecule has 5 nitrogen and oxygen atoms in total. The van der Waals surface area contributed by atoms with Crippen molar-refractivity contribution in [1.82, 2.24) is 5.32 Å². The molecule has 0 bridgehead atoms. The van der Waals surface area contributed by atoms with E-state index in [0.717, 1.165) is 16.3 Å². The number of hydrogen-bond acceptors (Lipinski definition) is 4. The number of nitrogen functional groups attached to an aromatic ring is 1. The number of para-hydroxylation sites is 1. The summed E-state index contributed by atoms with van der Waals surface area (Å²) in [6.07, 6.45) is 0. The van der Waals surface area contributed by atoms with Crippen molar-refractivity contribution in [3.63, 3.8) is 0 Å². The highest BCUT2D eigenvalue weighted by atomic mass is 16.5. The first-order valence-electron chi connectivity index (χ1n) is 7.91. The molecule has 0 aliphatic carbocycles. The Hall–Kier alpha value is -3.21. The molecule has 0 aliphatic rings. The highest BCUT2D eigenvalue weighted by molar-refractivity contribution is 6.09. The normalized spacial score (nSPS) is 10.5. The lowest BCUT2D eigenvalue weighted by Gasteiger charge is -2.14. The van der Waals surface area contributed by atoms with E-state index in [1.165, 1.54) is 0 Å². The number of nitrogens with two attached hydrogens (primary N) is 1. The van der Waals surface area contributed by atoms with Gasteiger partial charge >= 0.3 is 0 Å². The zero-order chi connectivity index (χ0) is 17.8. The summed E-state index contributed by atoms with van der Waals surface area (Å²) in [5.74, 6) is 1.08. The van der Waals surface area contributed by atoms with Gasteiger partial charge in [0.05, 0.1) is 14.2 Å². The third-order valence-electron chi connectivity index (χ3n) is 4.12. The molecule has 3 aromatic rings. The number of ether oxygens (including phenoxy) is 2. The Morgan fingerprint density at radius 3 is 2.44 bits per heavy atom. The van der Waals surface area contributed by atoms with Gasteiger partial charge in [-0.25, -0.2) is 0 Å². The van der Waals surface area contributed by atoms with Crippen molar-refractivity contribution >= 4 is 22.4 Å². The summed E-state index contributed by atoms with van der Waals surface area (Å²) in [6.45, 7) is 0.331. The summed E-state index contributed by atoms with van der Waals surface area (Å²) < 4.78 is 10.7. The van der Waals surface area contributed by atoms with Crippen molar-refractivity contribution < 1.29 is 14.3 Å². The average Bonchev–Trinajstić information content (AvgIpc) is 2.65. The van der Waals surface area contributed by atoms with Crippen molar-refractivity contribution in [3.8, 4) is 11.5 Å². The summed E-state index contributed by atoms with van der Waals surface area (Å²) in [6, 6.07) is 16.7. The quantitative estimate of drug-likeness (QED) is 0.701. The first-order valence-corrected chi connectivity index (χ1v) is 7.91. The first kappa shape index (κ1) is 16.6. The molecule has 3 N–H and O–H groups in total. The first-order chi connectivity index (χ1) is 12.2. The van der Waals surface area contributed by atoms with Gasteiger partial charge in [-0.2, -0.15) is 0 Å². The van der Waals surface area contributed by atoms with Crippen LogP contribution in [0.4, 0.5) is 5.69 Å². The second-order valence-electron chi connectivity index (χ2n) is 5.58. The molecule has 25 heavy (non-hydrogen) atoms. The average molecular weight is 336 g/mol. The SMILES string of the molecule is COc1cccc(CNC(=O)c2cccc3c(N)cccc23)c1OC. The van der Waals surface area contributed by atoms with E-state index in [1.54, 1.807) is 20.3 Å². The van der Waals surface area contributed by atoms with Gasteiger partial charge in [0.2, 0.25) is 0 Å². The van der Waals surface area contributed by atoms with Gasteiger partial charge in [0, 0.05) is 28.7 Å². The number of benzene rings is 3. The van der Waals surface area contributed by atoms with E-state index in [-0.39, 0.29) is 5.91 Å². The molecule has 0 saturated heterocycles. The number of anilines is 1. The molecule has 0 fully saturated rings. The van der Waals surface area contributed by atoms with Crippen LogP contribution in [0.3, 0.4) is 0 Å². The molecule has 128 valence electrons. The lowest BCUT2D eigenvalue weighted by Crippen LogP contribution is -2.23. The number of amides is 1. The van der Waals surface area contributed by atoms with E-state index in [2.05, 4.69) is 5.32 Å². The van der Waals surface area contributed by atoms with Crippen LogP contribution in [0, 0.1) is 0 Å². The van der Waals surface area contributed by atoms with Crippen molar-refractivity contribution in [2.45, 2.75) is 6.54 Å². The Balaban J connectivity index is 1.86. The highest BCUT2D eigenvalue weighted by Crippen LogP contribution is 2.30. The van der Waals surface area contributed by atoms with Crippen molar-refractivity contribution in [3.05, 3.63) is 65.7 Å². The van der Waals surface area contributed by atoms with Crippen molar-refractivity contribution in [2.24, 2.45) is 0 Å². The molecule has 0 unspecified atom stereocenters. The molecule has 3 aromatic carbocycles. The molecule has 3 rings (SSSR count). The van der Waals surface area contributed by atoms with E-state index >= 15 is 0 Å². The van der Waals surface area contributed by atoms with Crippen LogP contribution in [0.25, 0.3) is 10.8 Å². The molecule has 0 heterocycles. The van der Waals surface area contributed by atoms with E-state index < -0.39 is 0 Å². The minimum Gasteiger partial charge on any atom is -0.493 e. The van der Waals surface area contributed by atoms with Gasteiger partial charge in [-0.05, 0) is 23.6 Å². The van der Waals surface area contributed by atoms with Crippen LogP contribution in [0.5, 0.6) is 11.5 Å². The molecule has 0 saturated carbocycles. The topological polar surface area (TPSA) is 73.6 Å². The van der Waals surface area contributed by atoms with Gasteiger partial charge in [0.1, 0.15) is 0 Å². The van der Waals surface area contributed by atoms with Gasteiger partial charge in [0.25, 0.3) is 5.91 Å². The van der Waals surface area contributed by atoms with Gasteiger partial charge in [0.15, 0.2) is 11.5 Å². The van der Waals surface area contributed by atoms with E-state index in [0.29, 0.717) is 29.3 Å². The fourth-order valence-electron chi connectivity index (χ4n) is 2.90. The van der Waals surface area contributed by atoms with Crippen LogP contribution in [0.2, 0.25) is 0 Å². The van der Waals surface area contributed by atoms with Gasteiger partial charge < -0.3 is 20.5 Å². The predicted molar refractivity (Wildman–Crippen MR) is 99.1 cm³/mol. The summed E-state index contributed by atoms with van der Waals surface area (Å²) >= 11 is 0. The zero-order valence-corrected chi connectivity index (χ0v) is 14.2. The fraction of sp³-hybridized carbons (Fsp3) is 0.150. The number of carbonyl (C=O) groups excluding carboxylic acids is 1. The predicted octanol–water partition coefficient (Wildman–Crippen LogP) is 3.37. The maximum absolute atomic E-state index is 12.7. The Bertz CT molecular complexity index is 922. The fourth-order valence-corrected chi connectivity index (χ4v) is 2.90. The molecule has 5 heteroatoms. The maximum Gasteiger partial charge on any atom is 0.252 e. The molecular formula is C20H20N2O3. The number of hydrogen-bond donors (Lipinski definition) is 2. The van der Waals surface area contributed by atoms with Gasteiger partial charge in [-0.3, -0.25) is 4.79 Å². The third-order valence-corrected chi connectivity index (χ3v) is 4.12. The number of nitrogens with one attached hydrogen (secondary N) is 1. The number of rotatable bonds is 5. The molecule has 0 radical (unpaired) electrons. The molecule has 0 aromatic heterocycles. The highest BCUT2D eigenvalue weighted by Gasteiger charge is 2.13. The van der Waals surface area contributed by atoms with Gasteiger partial charge in [-0.15, -0.1) is 0 Å². The van der Waals surface area contributed by atoms with Crippen LogP contribution >= 0.6 is 0 Å². The van der Waals surface area contributed by atoms with Crippen LogP contribution < -0.4 is 20.5 Å². The van der Waals surface area contributed by atoms with Crippen molar-refractivity contribution in [2.75, 3.05) is 20.0 Å². The lowest BCUT2D eigenvalue weighted by molar-refractivity contribution is 0.0952. The minimum atomic E-state index is -0.166. The van der Waals surface area contributed by atoms with E-state index in [4.69, 9.17) is 15.2 Å². The van der Waals surface area contributed by atoms with Crippen LogP contribution in [-0.4, -0.2) is 20.1 Å². The van der Waals surface area contributed by atoms with Crippen molar-refractivity contribution in [1.29, 1.82) is 0 Å². The minimum absolute atomic E-state index is 0.166. The van der Waals surface area contributed by atoms with E-state index in [9.17, 15) is 4.79 Å². The summed E-state index contributed by atoms with van der Waals surface area (Å²) in [7, 11) is 3.16. The number of fused-ring (bicyclic) bond motifs is 1. The Kier molecular flexibility index (Phi) is 4.75. The van der Waals surface area contributed by atoms with Crippen LogP contribution in [-0.2, 0) is 6.54 Å². The molecule has 1 amide bonds. The number of carbonyl (C=O) groups is 1. The molecule has 0 atom stereocenters. The Morgan fingerprint density at radius 1 is 0.960 bits per heavy atom. The van der Waals surface area contributed by atoms with Crippen LogP contribution in [0.1, 0.15) is 15.9 Å². The molecule has 0 aliphatic heterocycles. The Morgan fingerprint density at radius 2 is 1.68 bits per heavy atom. The molecule has 0 spiro atoms. The molecular weight excluding hydrogens is 316 g/mol. The summed E-state index contributed by atoms with van der Waals surface area (Å²) in [5, 5.41) is 4.64. The standard InChI is InChI=1S/C20H20N2O3/c1-24-18-11-3-6-13(19(18)25-2)12-22-20(23)16-9-4-8-15-14(16)7-5-10-17(15)21/h3-11H,12,21H2,1-2H3,(H,22,23). The summed E-state index contributed by atoms with van der Waals surface area (Å²) in [4.78, 5) is 12.7. The number of methoxy groups -OCH3 is 2. The van der Waals surface area contributed by atoms with Crippen LogP contribution in [0.15, 0.2) is 54.6 Å². The second kappa shape index (κ2) is 7.13. The lowest BCUT2D eigenvalue weighted by atomic mass is 10.0. The zero-order valence-electron chi connectivity index (χ0n) is 14.2. The monoisotopic (exact) mass is 336 g/mol. The second-order valence-corrected chi connectivity index (χ2v) is 5.58. The van der Waals surface area contributed by atoms with E-state index in [1.807, 2.05) is 48.5 Å².